The van der Waals surface area contributed by atoms with E-state index in [1.54, 1.807) is 7.05 Å². The molecule has 1 aliphatic rings. The Kier molecular flexibility index (Phi) is 4.29. The number of likely N-dealkylation sites (N-methyl/N-ethyl adjacent to an activating group) is 1. The van der Waals surface area contributed by atoms with Gasteiger partial charge in [0.15, 0.2) is 0 Å². The summed E-state index contributed by atoms with van der Waals surface area (Å²) in [5, 5.41) is 13.9. The van der Waals surface area contributed by atoms with Gasteiger partial charge in [-0.15, -0.1) is 0 Å². The summed E-state index contributed by atoms with van der Waals surface area (Å²) in [5.41, 5.74) is -0.419. The largest absolute Gasteiger partial charge is 0.340 e. The fourth-order valence-electron chi connectivity index (χ4n) is 2.35. The molecular weight excluding hydrogens is 265 g/mol. The summed E-state index contributed by atoms with van der Waals surface area (Å²) in [6.07, 6.45) is 2.05. The number of rotatable bonds is 4. The molecule has 1 unspecified atom stereocenters. The highest BCUT2D eigenvalue weighted by atomic mass is 19.1. The van der Waals surface area contributed by atoms with Crippen molar-refractivity contribution in [2.75, 3.05) is 20.1 Å². The van der Waals surface area contributed by atoms with Crippen molar-refractivity contribution < 1.29 is 14.1 Å². The van der Waals surface area contributed by atoms with E-state index >= 15 is 0 Å². The summed E-state index contributed by atoms with van der Waals surface area (Å²) in [7, 11) is 1.61. The lowest BCUT2D eigenvalue weighted by molar-refractivity contribution is -0.385. The van der Waals surface area contributed by atoms with Crippen LogP contribution in [0, 0.1) is 15.9 Å². The standard InChI is InChI=1S/C13H16FN3O3/c1-16(8-11-3-2-4-15-11)13(18)9-5-10(14)7-12(6-9)17(19)20/h5-7,11,15H,2-4,8H2,1H3. The van der Waals surface area contributed by atoms with Crippen molar-refractivity contribution in [2.24, 2.45) is 0 Å². The Hall–Kier alpha value is -2.02. The molecule has 0 radical (unpaired) electrons. The van der Waals surface area contributed by atoms with Gasteiger partial charge in [0.1, 0.15) is 5.82 Å². The third-order valence-electron chi connectivity index (χ3n) is 3.34. The molecule has 1 saturated heterocycles. The van der Waals surface area contributed by atoms with E-state index in [0.717, 1.165) is 37.6 Å². The summed E-state index contributed by atoms with van der Waals surface area (Å²) in [6, 6.07) is 3.15. The van der Waals surface area contributed by atoms with Gasteiger partial charge in [0.05, 0.1) is 11.0 Å². The van der Waals surface area contributed by atoms with Crippen molar-refractivity contribution in [2.45, 2.75) is 18.9 Å². The predicted molar refractivity (Wildman–Crippen MR) is 71.0 cm³/mol. The van der Waals surface area contributed by atoms with E-state index in [-0.39, 0.29) is 11.6 Å². The van der Waals surface area contributed by atoms with Crippen LogP contribution in [0.5, 0.6) is 0 Å². The minimum Gasteiger partial charge on any atom is -0.340 e. The number of halogens is 1. The predicted octanol–water partition coefficient (Wildman–Crippen LogP) is 1.56. The molecule has 1 aliphatic heterocycles. The second kappa shape index (κ2) is 5.96. The molecule has 1 fully saturated rings. The van der Waals surface area contributed by atoms with Crippen LogP contribution < -0.4 is 5.32 Å². The number of nitro benzene ring substituents is 1. The SMILES string of the molecule is CN(CC1CCCN1)C(=O)c1cc(F)cc([N+](=O)[O-])c1. The van der Waals surface area contributed by atoms with E-state index in [1.807, 2.05) is 0 Å². The van der Waals surface area contributed by atoms with Crippen LogP contribution in [-0.2, 0) is 0 Å². The molecule has 20 heavy (non-hydrogen) atoms. The molecule has 1 amide bonds. The van der Waals surface area contributed by atoms with Crippen LogP contribution in [-0.4, -0.2) is 41.9 Å². The van der Waals surface area contributed by atoms with Crippen molar-refractivity contribution in [1.29, 1.82) is 0 Å². The van der Waals surface area contributed by atoms with Gasteiger partial charge in [-0.3, -0.25) is 14.9 Å². The van der Waals surface area contributed by atoms with Gasteiger partial charge in [-0.25, -0.2) is 4.39 Å². The van der Waals surface area contributed by atoms with Gasteiger partial charge in [0, 0.05) is 31.3 Å². The molecule has 0 aliphatic carbocycles. The maximum Gasteiger partial charge on any atom is 0.273 e. The average Bonchev–Trinajstić information content (AvgIpc) is 2.89. The molecule has 7 heteroatoms. The number of amides is 1. The zero-order valence-corrected chi connectivity index (χ0v) is 11.1. The van der Waals surface area contributed by atoms with Crippen molar-refractivity contribution >= 4 is 11.6 Å². The number of nitrogens with one attached hydrogen (secondary N) is 1. The van der Waals surface area contributed by atoms with Crippen LogP contribution in [0.25, 0.3) is 0 Å². The molecular formula is C13H16FN3O3. The van der Waals surface area contributed by atoms with Gasteiger partial charge >= 0.3 is 0 Å². The zero-order chi connectivity index (χ0) is 14.7. The Bertz CT molecular complexity index is 530. The number of carbonyl (C=O) groups is 1. The number of carbonyl (C=O) groups excluding carboxylic acids is 1. The molecule has 108 valence electrons. The topological polar surface area (TPSA) is 75.5 Å². The first-order chi connectivity index (χ1) is 9.47. The summed E-state index contributed by atoms with van der Waals surface area (Å²) < 4.78 is 13.3. The van der Waals surface area contributed by atoms with Gasteiger partial charge in [0.2, 0.25) is 0 Å². The number of non-ortho nitro benzene ring substituents is 1. The second-order valence-electron chi connectivity index (χ2n) is 4.93. The minimum absolute atomic E-state index is 0.00260. The van der Waals surface area contributed by atoms with E-state index in [9.17, 15) is 19.3 Å². The van der Waals surface area contributed by atoms with Gasteiger partial charge in [-0.2, -0.15) is 0 Å². The van der Waals surface area contributed by atoms with Crippen LogP contribution in [0.4, 0.5) is 10.1 Å². The normalized spacial score (nSPS) is 18.0. The summed E-state index contributed by atoms with van der Waals surface area (Å²) in [6.45, 7) is 1.43. The Morgan fingerprint density at radius 1 is 1.55 bits per heavy atom. The van der Waals surface area contributed by atoms with Crippen LogP contribution >= 0.6 is 0 Å². The molecule has 0 spiro atoms. The van der Waals surface area contributed by atoms with Crippen LogP contribution in [0.2, 0.25) is 0 Å². The first-order valence-corrected chi connectivity index (χ1v) is 6.41. The Labute approximate surface area is 115 Å². The number of nitrogens with zero attached hydrogens (tertiary/aromatic N) is 2. The highest BCUT2D eigenvalue weighted by Gasteiger charge is 2.21. The van der Waals surface area contributed by atoms with Crippen molar-refractivity contribution in [3.63, 3.8) is 0 Å². The van der Waals surface area contributed by atoms with Gasteiger partial charge in [-0.1, -0.05) is 0 Å². The fraction of sp³-hybridized carbons (Fsp3) is 0.462. The highest BCUT2D eigenvalue weighted by molar-refractivity contribution is 5.94. The summed E-state index contributed by atoms with van der Waals surface area (Å²) >= 11 is 0. The monoisotopic (exact) mass is 281 g/mol. The molecule has 1 aromatic rings. The van der Waals surface area contributed by atoms with E-state index in [1.165, 1.54) is 4.90 Å². The molecule has 1 aromatic carbocycles. The maximum absolute atomic E-state index is 13.3. The third kappa shape index (κ3) is 3.30. The molecule has 1 N–H and O–H groups in total. The van der Waals surface area contributed by atoms with E-state index in [2.05, 4.69) is 5.32 Å². The smallest absolute Gasteiger partial charge is 0.273 e. The fourth-order valence-corrected chi connectivity index (χ4v) is 2.35. The number of hydrogen-bond acceptors (Lipinski definition) is 4. The molecule has 1 heterocycles. The summed E-state index contributed by atoms with van der Waals surface area (Å²) in [4.78, 5) is 23.6. The van der Waals surface area contributed by atoms with Crippen molar-refractivity contribution in [3.05, 3.63) is 39.7 Å². The van der Waals surface area contributed by atoms with E-state index in [4.69, 9.17) is 0 Å². The lowest BCUT2D eigenvalue weighted by Gasteiger charge is -2.21. The highest BCUT2D eigenvalue weighted by Crippen LogP contribution is 2.18. The van der Waals surface area contributed by atoms with E-state index in [0.29, 0.717) is 6.54 Å². The second-order valence-corrected chi connectivity index (χ2v) is 4.93. The first-order valence-electron chi connectivity index (χ1n) is 6.41. The minimum atomic E-state index is -0.782. The molecule has 1 atom stereocenters. The van der Waals surface area contributed by atoms with Crippen molar-refractivity contribution in [3.8, 4) is 0 Å². The van der Waals surface area contributed by atoms with Crippen LogP contribution in [0.1, 0.15) is 23.2 Å². The molecule has 0 saturated carbocycles. The first kappa shape index (κ1) is 14.4. The maximum atomic E-state index is 13.3. The quantitative estimate of drug-likeness (QED) is 0.671. The molecule has 6 nitrogen and oxygen atoms in total. The average molecular weight is 281 g/mol. The molecule has 0 bridgehead atoms. The van der Waals surface area contributed by atoms with E-state index < -0.39 is 22.3 Å². The number of hydrogen-bond donors (Lipinski definition) is 1. The Morgan fingerprint density at radius 2 is 2.30 bits per heavy atom. The van der Waals surface area contributed by atoms with Gasteiger partial charge in [0.25, 0.3) is 11.6 Å². The van der Waals surface area contributed by atoms with Crippen LogP contribution in [0.3, 0.4) is 0 Å². The molecule has 0 aromatic heterocycles. The van der Waals surface area contributed by atoms with Crippen LogP contribution in [0.15, 0.2) is 18.2 Å². The summed E-state index contributed by atoms with van der Waals surface area (Å²) in [5.74, 6) is -1.20. The van der Waals surface area contributed by atoms with Gasteiger partial charge in [-0.05, 0) is 25.5 Å². The molecule has 2 rings (SSSR count). The third-order valence-corrected chi connectivity index (χ3v) is 3.34. The number of nitro groups is 1. The lowest BCUT2D eigenvalue weighted by atomic mass is 10.1. The number of benzene rings is 1. The Balaban J connectivity index is 2.13. The zero-order valence-electron chi connectivity index (χ0n) is 11.1. The lowest BCUT2D eigenvalue weighted by Crippen LogP contribution is -2.38. The Morgan fingerprint density at radius 3 is 2.90 bits per heavy atom. The van der Waals surface area contributed by atoms with Crippen molar-refractivity contribution in [1.82, 2.24) is 10.2 Å². The van der Waals surface area contributed by atoms with Gasteiger partial charge < -0.3 is 10.2 Å².